The Morgan fingerprint density at radius 3 is 2.10 bits per heavy atom. The molecule has 8 heteroatoms. The molecule has 0 spiro atoms. The second kappa shape index (κ2) is 21.4. The predicted molar refractivity (Wildman–Crippen MR) is 196 cm³/mol. The number of para-hydroxylation sites is 1. The molecule has 8 nitrogen and oxygen atoms in total. The third kappa shape index (κ3) is 15.1. The minimum atomic E-state index is -0.276. The Morgan fingerprint density at radius 1 is 0.816 bits per heavy atom. The second-order valence-corrected chi connectivity index (χ2v) is 13.2. The highest BCUT2D eigenvalue weighted by Gasteiger charge is 2.20. The number of ether oxygens (including phenoxy) is 5. The highest BCUT2D eigenvalue weighted by Crippen LogP contribution is 2.25. The lowest BCUT2D eigenvalue weighted by Crippen LogP contribution is -2.31. The molecule has 0 radical (unpaired) electrons. The van der Waals surface area contributed by atoms with Crippen LogP contribution in [0.5, 0.6) is 11.5 Å². The monoisotopic (exact) mass is 671 g/mol. The summed E-state index contributed by atoms with van der Waals surface area (Å²) in [4.78, 5) is 10.9. The maximum Gasteiger partial charge on any atom is 0.223 e. The molecule has 3 aliphatic rings. The van der Waals surface area contributed by atoms with Crippen LogP contribution in [0.4, 0.5) is 0 Å². The van der Waals surface area contributed by atoms with E-state index in [0.717, 1.165) is 44.9 Å². The number of rotatable bonds is 9. The van der Waals surface area contributed by atoms with E-state index in [1.807, 2.05) is 108 Å². The minimum Gasteiger partial charge on any atom is -0.491 e. The van der Waals surface area contributed by atoms with Crippen molar-refractivity contribution in [3.63, 3.8) is 0 Å². The zero-order valence-corrected chi connectivity index (χ0v) is 30.9. The lowest BCUT2D eigenvalue weighted by Gasteiger charge is -2.26. The Bertz CT molecular complexity index is 1540. The first kappa shape index (κ1) is 39.7. The van der Waals surface area contributed by atoms with Gasteiger partial charge in [-0.1, -0.05) is 36.3 Å². The van der Waals surface area contributed by atoms with Gasteiger partial charge < -0.3 is 28.6 Å². The molecule has 3 heterocycles. The SMILES string of the molecule is C#Cc1ccc(COC(C)C)cc1.CC(C)N1CCCC1.CC(C)OCC1OCc2ccccc2O1.CC(C)Oc1ccc2c(c1)=NCN=2. The van der Waals surface area contributed by atoms with Crippen LogP contribution in [0.1, 0.15) is 84.9 Å². The van der Waals surface area contributed by atoms with Crippen molar-refractivity contribution in [1.82, 2.24) is 4.90 Å². The molecule has 1 fully saturated rings. The Balaban J connectivity index is 0.000000181. The van der Waals surface area contributed by atoms with E-state index in [9.17, 15) is 0 Å². The fourth-order valence-electron chi connectivity index (χ4n) is 4.96. The molecule has 0 saturated carbocycles. The van der Waals surface area contributed by atoms with Gasteiger partial charge in [-0.2, -0.15) is 0 Å². The number of fused-ring (bicyclic) bond motifs is 2. The highest BCUT2D eigenvalue weighted by molar-refractivity contribution is 5.34. The van der Waals surface area contributed by atoms with E-state index in [2.05, 4.69) is 34.7 Å². The van der Waals surface area contributed by atoms with Crippen LogP contribution in [-0.4, -0.2) is 61.9 Å². The maximum atomic E-state index is 5.64. The molecule has 3 aromatic rings. The van der Waals surface area contributed by atoms with Crippen LogP contribution in [0, 0.1) is 12.3 Å². The quantitative estimate of drug-likeness (QED) is 0.226. The summed E-state index contributed by atoms with van der Waals surface area (Å²) in [6.45, 7) is 21.5. The fourth-order valence-corrected chi connectivity index (χ4v) is 4.96. The lowest BCUT2D eigenvalue weighted by atomic mass is 10.1. The summed E-state index contributed by atoms with van der Waals surface area (Å²) in [6.07, 6.45) is 8.47. The van der Waals surface area contributed by atoms with Crippen LogP contribution in [0.25, 0.3) is 0 Å². The van der Waals surface area contributed by atoms with E-state index >= 15 is 0 Å². The van der Waals surface area contributed by atoms with Crippen LogP contribution >= 0.6 is 0 Å². The average molecular weight is 672 g/mol. The highest BCUT2D eigenvalue weighted by atomic mass is 16.7. The molecule has 0 N–H and O–H groups in total. The summed E-state index contributed by atoms with van der Waals surface area (Å²) in [6, 6.07) is 22.4. The summed E-state index contributed by atoms with van der Waals surface area (Å²) >= 11 is 0. The molecule has 0 aliphatic carbocycles. The van der Waals surface area contributed by atoms with Crippen molar-refractivity contribution in [1.29, 1.82) is 0 Å². The standard InChI is InChI=1S/C12H16O3.C12H14O.C10H12N2O.C7H15N/c1-9(2)13-8-12-14-7-10-5-3-4-6-11(10)15-12;1-4-11-5-7-12(8-6-11)9-13-10(2)3;1-7(2)13-8-3-4-9-10(5-8)12-6-11-9;1-7(2)8-5-3-4-6-8/h3-6,9,12H,7-8H2,1-2H3;1,5-8,10H,9H2,2-3H3;3-5,7H,6H2,1-2H3;7H,3-6H2,1-2H3. The predicted octanol–water partition coefficient (Wildman–Crippen LogP) is 7.11. The molecule has 1 saturated heterocycles. The molecule has 49 heavy (non-hydrogen) atoms. The largest absolute Gasteiger partial charge is 0.491 e. The zero-order chi connectivity index (χ0) is 35.6. The summed E-state index contributed by atoms with van der Waals surface area (Å²) in [5.74, 6) is 4.35. The number of terminal acetylenes is 1. The molecule has 0 amide bonds. The van der Waals surface area contributed by atoms with Crippen LogP contribution in [0.2, 0.25) is 0 Å². The van der Waals surface area contributed by atoms with Gasteiger partial charge in [-0.3, -0.25) is 9.98 Å². The van der Waals surface area contributed by atoms with Crippen molar-refractivity contribution in [2.75, 3.05) is 26.4 Å². The van der Waals surface area contributed by atoms with Gasteiger partial charge in [0.15, 0.2) is 0 Å². The molecule has 0 aromatic heterocycles. The van der Waals surface area contributed by atoms with E-state index in [1.165, 1.54) is 25.9 Å². The average Bonchev–Trinajstić information content (AvgIpc) is 3.80. The number of nitrogens with zero attached hydrogens (tertiary/aromatic N) is 3. The molecule has 3 aliphatic heterocycles. The van der Waals surface area contributed by atoms with Crippen molar-refractivity contribution in [2.45, 2.75) is 112 Å². The first-order valence-corrected chi connectivity index (χ1v) is 17.6. The molecule has 0 bridgehead atoms. The van der Waals surface area contributed by atoms with E-state index in [-0.39, 0.29) is 24.6 Å². The number of hydrogen-bond donors (Lipinski definition) is 0. The van der Waals surface area contributed by atoms with Gasteiger partial charge in [0, 0.05) is 23.2 Å². The number of likely N-dealkylation sites (tertiary alicyclic amines) is 1. The lowest BCUT2D eigenvalue weighted by molar-refractivity contribution is -0.150. The molecule has 1 unspecified atom stereocenters. The van der Waals surface area contributed by atoms with E-state index in [0.29, 0.717) is 26.5 Å². The Morgan fingerprint density at radius 2 is 1.49 bits per heavy atom. The maximum absolute atomic E-state index is 5.64. The smallest absolute Gasteiger partial charge is 0.223 e. The Hall–Kier alpha value is -3.74. The minimum absolute atomic E-state index is 0.203. The molecule has 1 atom stereocenters. The van der Waals surface area contributed by atoms with Crippen LogP contribution in [0.3, 0.4) is 0 Å². The normalized spacial score (nSPS) is 16.0. The number of hydrogen-bond acceptors (Lipinski definition) is 8. The molecule has 3 aromatic carbocycles. The number of benzene rings is 3. The van der Waals surface area contributed by atoms with Gasteiger partial charge in [0.1, 0.15) is 24.8 Å². The van der Waals surface area contributed by atoms with Crippen molar-refractivity contribution in [3.8, 4) is 23.8 Å². The van der Waals surface area contributed by atoms with Crippen molar-refractivity contribution < 1.29 is 23.7 Å². The summed E-state index contributed by atoms with van der Waals surface area (Å²) in [7, 11) is 0. The van der Waals surface area contributed by atoms with Gasteiger partial charge >= 0.3 is 0 Å². The molecule has 6 rings (SSSR count). The van der Waals surface area contributed by atoms with Crippen molar-refractivity contribution in [3.05, 3.63) is 94.1 Å². The third-order valence-electron chi connectivity index (χ3n) is 7.60. The summed E-state index contributed by atoms with van der Waals surface area (Å²) in [5, 5.41) is 1.91. The van der Waals surface area contributed by atoms with E-state index in [1.54, 1.807) is 0 Å². The fraction of sp³-hybridized carbons (Fsp3) is 0.512. The first-order valence-electron chi connectivity index (χ1n) is 17.6. The first-order chi connectivity index (χ1) is 23.5. The summed E-state index contributed by atoms with van der Waals surface area (Å²) < 4.78 is 27.6. The molecular formula is C41H57N3O5. The van der Waals surface area contributed by atoms with Gasteiger partial charge in [0.05, 0.1) is 42.2 Å². The molecule has 266 valence electrons. The van der Waals surface area contributed by atoms with Gasteiger partial charge in [0.25, 0.3) is 0 Å². The molecular weight excluding hydrogens is 614 g/mol. The van der Waals surface area contributed by atoms with E-state index in [4.69, 9.17) is 30.1 Å². The van der Waals surface area contributed by atoms with Gasteiger partial charge in [-0.25, -0.2) is 0 Å². The van der Waals surface area contributed by atoms with Crippen molar-refractivity contribution >= 4 is 0 Å². The van der Waals surface area contributed by atoms with Gasteiger partial charge in [-0.15, -0.1) is 6.42 Å². The Labute approximate surface area is 294 Å². The van der Waals surface area contributed by atoms with Crippen molar-refractivity contribution in [2.24, 2.45) is 9.98 Å². The van der Waals surface area contributed by atoms with Crippen LogP contribution in [0.15, 0.2) is 76.7 Å². The third-order valence-corrected chi connectivity index (χ3v) is 7.60. The van der Waals surface area contributed by atoms with Crippen LogP contribution < -0.4 is 20.2 Å². The van der Waals surface area contributed by atoms with Gasteiger partial charge in [-0.05, 0) is 117 Å². The summed E-state index contributed by atoms with van der Waals surface area (Å²) in [5.41, 5.74) is 3.17. The second-order valence-electron chi connectivity index (χ2n) is 13.2. The van der Waals surface area contributed by atoms with Crippen LogP contribution in [-0.2, 0) is 27.4 Å². The topological polar surface area (TPSA) is 74.1 Å². The van der Waals surface area contributed by atoms with E-state index < -0.39 is 0 Å². The van der Waals surface area contributed by atoms with Gasteiger partial charge in [0.2, 0.25) is 6.29 Å². The Kier molecular flexibility index (Phi) is 17.3. The zero-order valence-electron chi connectivity index (χ0n) is 30.9.